The molecule has 7 heteroatoms. The van der Waals surface area contributed by atoms with Crippen LogP contribution in [-0.2, 0) is 10.0 Å². The number of rotatable bonds is 3. The molecule has 0 saturated carbocycles. The monoisotopic (exact) mass is 408 g/mol. The van der Waals surface area contributed by atoms with Gasteiger partial charge in [-0.3, -0.25) is 4.79 Å². The number of halogens is 1. The van der Waals surface area contributed by atoms with Gasteiger partial charge in [0, 0.05) is 28.3 Å². The molecule has 2 rings (SSSR count). The first kappa shape index (κ1) is 15.7. The number of amides is 1. The molecule has 1 aliphatic rings. The largest absolute Gasteiger partial charge is 0.349 e. The predicted molar refractivity (Wildman–Crippen MR) is 86.1 cm³/mol. The van der Waals surface area contributed by atoms with Crippen LogP contribution in [0.3, 0.4) is 0 Å². The molecule has 5 nitrogen and oxygen atoms in total. The highest BCUT2D eigenvalue weighted by atomic mass is 127. The van der Waals surface area contributed by atoms with Crippen LogP contribution in [0.25, 0.3) is 0 Å². The molecule has 1 aliphatic heterocycles. The van der Waals surface area contributed by atoms with E-state index in [1.165, 1.54) is 10.6 Å². The van der Waals surface area contributed by atoms with E-state index in [-0.39, 0.29) is 11.9 Å². The Hall–Kier alpha value is -0.670. The van der Waals surface area contributed by atoms with Crippen molar-refractivity contribution in [2.45, 2.75) is 18.9 Å². The van der Waals surface area contributed by atoms with E-state index in [1.54, 1.807) is 12.1 Å². The summed E-state index contributed by atoms with van der Waals surface area (Å²) in [4.78, 5) is 12.1. The van der Waals surface area contributed by atoms with Crippen molar-refractivity contribution in [2.75, 3.05) is 19.3 Å². The Labute approximate surface area is 132 Å². The summed E-state index contributed by atoms with van der Waals surface area (Å²) in [5.41, 5.74) is 0.635. The minimum absolute atomic E-state index is 0.0415. The quantitative estimate of drug-likeness (QED) is 0.770. The molecule has 1 fully saturated rings. The Morgan fingerprint density at radius 2 is 1.80 bits per heavy atom. The highest BCUT2D eigenvalue weighted by Gasteiger charge is 2.25. The number of carbonyl (C=O) groups is 1. The minimum Gasteiger partial charge on any atom is -0.349 e. The fraction of sp³-hybridized carbons (Fsp3) is 0.462. The summed E-state index contributed by atoms with van der Waals surface area (Å²) in [7, 11) is -3.11. The fourth-order valence-corrected chi connectivity index (χ4v) is 3.44. The number of piperidine rings is 1. The Kier molecular flexibility index (Phi) is 5.03. The summed E-state index contributed by atoms with van der Waals surface area (Å²) < 4.78 is 25.4. The van der Waals surface area contributed by atoms with Crippen molar-refractivity contribution < 1.29 is 13.2 Å². The Balaban J connectivity index is 1.89. The standard InChI is InChI=1S/C13H17IN2O3S/c1-20(18,19)16-8-6-12(7-9-16)15-13(17)10-2-4-11(14)5-3-10/h2-5,12H,6-9H2,1H3,(H,15,17). The van der Waals surface area contributed by atoms with E-state index in [1.807, 2.05) is 12.1 Å². The van der Waals surface area contributed by atoms with Gasteiger partial charge in [0.15, 0.2) is 0 Å². The molecule has 1 saturated heterocycles. The molecule has 1 amide bonds. The van der Waals surface area contributed by atoms with Gasteiger partial charge in [0.05, 0.1) is 6.26 Å². The van der Waals surface area contributed by atoms with Crippen LogP contribution in [0.2, 0.25) is 0 Å². The number of hydrogen-bond acceptors (Lipinski definition) is 3. The SMILES string of the molecule is CS(=O)(=O)N1CCC(NC(=O)c2ccc(I)cc2)CC1. The maximum atomic E-state index is 12.1. The molecule has 0 aliphatic carbocycles. The molecule has 0 radical (unpaired) electrons. The number of nitrogens with one attached hydrogen (secondary N) is 1. The lowest BCUT2D eigenvalue weighted by atomic mass is 10.1. The van der Waals surface area contributed by atoms with E-state index < -0.39 is 10.0 Å². The van der Waals surface area contributed by atoms with E-state index >= 15 is 0 Å². The van der Waals surface area contributed by atoms with Crippen molar-refractivity contribution in [1.29, 1.82) is 0 Å². The van der Waals surface area contributed by atoms with Crippen LogP contribution in [0.1, 0.15) is 23.2 Å². The van der Waals surface area contributed by atoms with Gasteiger partial charge >= 0.3 is 0 Å². The normalized spacial score (nSPS) is 17.9. The fourth-order valence-electron chi connectivity index (χ4n) is 2.20. The van der Waals surface area contributed by atoms with Crippen molar-refractivity contribution in [3.05, 3.63) is 33.4 Å². The average Bonchev–Trinajstić information content (AvgIpc) is 2.39. The molecule has 0 unspecified atom stereocenters. The van der Waals surface area contributed by atoms with Gasteiger partial charge in [-0.2, -0.15) is 0 Å². The molecule has 0 atom stereocenters. The van der Waals surface area contributed by atoms with Gasteiger partial charge in [0.1, 0.15) is 0 Å². The van der Waals surface area contributed by atoms with Gasteiger partial charge in [0.25, 0.3) is 5.91 Å². The topological polar surface area (TPSA) is 66.5 Å². The molecule has 0 bridgehead atoms. The Morgan fingerprint density at radius 3 is 2.30 bits per heavy atom. The highest BCUT2D eigenvalue weighted by molar-refractivity contribution is 14.1. The Morgan fingerprint density at radius 1 is 1.25 bits per heavy atom. The first-order chi connectivity index (χ1) is 9.36. The molecule has 1 aromatic rings. The van der Waals surface area contributed by atoms with Crippen molar-refractivity contribution >= 4 is 38.5 Å². The molecular formula is C13H17IN2O3S. The molecular weight excluding hydrogens is 391 g/mol. The van der Waals surface area contributed by atoms with Crippen molar-refractivity contribution in [2.24, 2.45) is 0 Å². The van der Waals surface area contributed by atoms with Crippen LogP contribution in [0.5, 0.6) is 0 Å². The number of carbonyl (C=O) groups excluding carboxylic acids is 1. The van der Waals surface area contributed by atoms with Gasteiger partial charge in [-0.25, -0.2) is 12.7 Å². The lowest BCUT2D eigenvalue weighted by Crippen LogP contribution is -2.46. The van der Waals surface area contributed by atoms with Crippen molar-refractivity contribution in [3.8, 4) is 0 Å². The Bertz CT molecular complexity index is 578. The van der Waals surface area contributed by atoms with E-state index in [4.69, 9.17) is 0 Å². The van der Waals surface area contributed by atoms with Crippen LogP contribution >= 0.6 is 22.6 Å². The maximum absolute atomic E-state index is 12.1. The van der Waals surface area contributed by atoms with Gasteiger partial charge in [0.2, 0.25) is 10.0 Å². The molecule has 0 spiro atoms. The molecule has 20 heavy (non-hydrogen) atoms. The summed E-state index contributed by atoms with van der Waals surface area (Å²) >= 11 is 2.19. The first-order valence-electron chi connectivity index (χ1n) is 6.38. The van der Waals surface area contributed by atoms with E-state index in [9.17, 15) is 13.2 Å². The zero-order valence-corrected chi connectivity index (χ0v) is 14.1. The first-order valence-corrected chi connectivity index (χ1v) is 9.30. The molecule has 1 heterocycles. The van der Waals surface area contributed by atoms with Gasteiger partial charge < -0.3 is 5.32 Å². The summed E-state index contributed by atoms with van der Waals surface area (Å²) in [5.74, 6) is -0.0980. The van der Waals surface area contributed by atoms with E-state index in [0.717, 1.165) is 3.57 Å². The number of sulfonamides is 1. The van der Waals surface area contributed by atoms with E-state index in [0.29, 0.717) is 31.5 Å². The van der Waals surface area contributed by atoms with Gasteiger partial charge in [-0.15, -0.1) is 0 Å². The second-order valence-corrected chi connectivity index (χ2v) is 8.14. The van der Waals surface area contributed by atoms with Gasteiger partial charge in [-0.05, 0) is 59.7 Å². The molecule has 110 valence electrons. The number of benzene rings is 1. The third-order valence-electron chi connectivity index (χ3n) is 3.36. The highest BCUT2D eigenvalue weighted by Crippen LogP contribution is 2.14. The third-order valence-corrected chi connectivity index (χ3v) is 5.39. The smallest absolute Gasteiger partial charge is 0.251 e. The van der Waals surface area contributed by atoms with E-state index in [2.05, 4.69) is 27.9 Å². The minimum atomic E-state index is -3.11. The zero-order valence-electron chi connectivity index (χ0n) is 11.2. The molecule has 0 aromatic heterocycles. The number of hydrogen-bond donors (Lipinski definition) is 1. The van der Waals surface area contributed by atoms with Crippen LogP contribution in [0.15, 0.2) is 24.3 Å². The second-order valence-electron chi connectivity index (χ2n) is 4.92. The van der Waals surface area contributed by atoms with Crippen LogP contribution in [0, 0.1) is 3.57 Å². The van der Waals surface area contributed by atoms with Crippen molar-refractivity contribution in [3.63, 3.8) is 0 Å². The predicted octanol–water partition coefficient (Wildman–Crippen LogP) is 1.45. The average molecular weight is 408 g/mol. The zero-order chi connectivity index (χ0) is 14.8. The summed E-state index contributed by atoms with van der Waals surface area (Å²) in [6.45, 7) is 0.937. The lowest BCUT2D eigenvalue weighted by molar-refractivity contribution is 0.0924. The number of nitrogens with zero attached hydrogens (tertiary/aromatic N) is 1. The van der Waals surface area contributed by atoms with Crippen LogP contribution in [0.4, 0.5) is 0 Å². The van der Waals surface area contributed by atoms with Crippen LogP contribution < -0.4 is 5.32 Å². The lowest BCUT2D eigenvalue weighted by Gasteiger charge is -2.30. The molecule has 1 aromatic carbocycles. The van der Waals surface area contributed by atoms with Crippen LogP contribution in [-0.4, -0.2) is 44.0 Å². The van der Waals surface area contributed by atoms with Crippen molar-refractivity contribution in [1.82, 2.24) is 9.62 Å². The summed E-state index contributed by atoms with van der Waals surface area (Å²) in [5, 5.41) is 2.96. The van der Waals surface area contributed by atoms with Gasteiger partial charge in [-0.1, -0.05) is 0 Å². The molecule has 1 N–H and O–H groups in total. The maximum Gasteiger partial charge on any atom is 0.251 e. The third kappa shape index (κ3) is 4.16. The second kappa shape index (κ2) is 6.40. The summed E-state index contributed by atoms with van der Waals surface area (Å²) in [6.07, 6.45) is 2.53. The summed E-state index contributed by atoms with van der Waals surface area (Å²) in [6, 6.07) is 7.41.